The van der Waals surface area contributed by atoms with Gasteiger partial charge in [-0.3, -0.25) is 0 Å². The molecule has 0 radical (unpaired) electrons. The van der Waals surface area contributed by atoms with E-state index in [1.165, 1.54) is 6.20 Å². The molecule has 0 aliphatic rings. The number of imidazole rings is 1. The molecule has 19 heavy (non-hydrogen) atoms. The molecule has 0 amide bonds. The first kappa shape index (κ1) is 14.0. The molecule has 0 saturated heterocycles. The van der Waals surface area contributed by atoms with E-state index in [1.54, 1.807) is 6.20 Å². The molecule has 0 unspecified atom stereocenters. The molecule has 0 fully saturated rings. The van der Waals surface area contributed by atoms with Gasteiger partial charge in [-0.1, -0.05) is 0 Å². The predicted octanol–water partition coefficient (Wildman–Crippen LogP) is 1.37. The summed E-state index contributed by atoms with van der Waals surface area (Å²) in [6.45, 7) is -0.0647. The molecule has 1 heterocycles. The lowest BCUT2D eigenvalue weighted by Crippen LogP contribution is -2.25. The molecule has 102 valence electrons. The molecule has 0 atom stereocenters. The summed E-state index contributed by atoms with van der Waals surface area (Å²) >= 11 is 3.02. The Morgan fingerprint density at radius 1 is 1.47 bits per heavy atom. The van der Waals surface area contributed by atoms with Crippen LogP contribution in [0.3, 0.4) is 0 Å². The van der Waals surface area contributed by atoms with Gasteiger partial charge in [0, 0.05) is 22.6 Å². The number of halogens is 2. The van der Waals surface area contributed by atoms with Gasteiger partial charge >= 0.3 is 0 Å². The average molecular weight is 349 g/mol. The van der Waals surface area contributed by atoms with Crippen LogP contribution in [-0.4, -0.2) is 18.4 Å². The molecule has 0 spiro atoms. The van der Waals surface area contributed by atoms with Gasteiger partial charge in [0.05, 0.1) is 6.54 Å². The number of hydrogen-bond acceptors (Lipinski definition) is 4. The number of nitrogens with two attached hydrogens (primary N) is 1. The van der Waals surface area contributed by atoms with Crippen LogP contribution in [-0.2, 0) is 16.6 Å². The van der Waals surface area contributed by atoms with Crippen LogP contribution >= 0.6 is 15.9 Å². The molecule has 4 N–H and O–H groups in total. The first-order valence-electron chi connectivity index (χ1n) is 5.12. The number of aromatic nitrogens is 2. The summed E-state index contributed by atoms with van der Waals surface area (Å²) in [6.07, 6.45) is 3.05. The Kier molecular flexibility index (Phi) is 3.88. The van der Waals surface area contributed by atoms with Crippen molar-refractivity contribution in [2.75, 3.05) is 5.73 Å². The number of hydrogen-bond donors (Lipinski definition) is 3. The lowest BCUT2D eigenvalue weighted by atomic mass is 10.3. The maximum absolute atomic E-state index is 13.7. The van der Waals surface area contributed by atoms with Gasteiger partial charge in [0.1, 0.15) is 16.5 Å². The van der Waals surface area contributed by atoms with E-state index < -0.39 is 20.7 Å². The fourth-order valence-corrected chi connectivity index (χ4v) is 2.78. The summed E-state index contributed by atoms with van der Waals surface area (Å²) in [5, 5.41) is 0. The number of nitrogens with one attached hydrogen (secondary N) is 2. The van der Waals surface area contributed by atoms with Crippen LogP contribution in [0.5, 0.6) is 0 Å². The van der Waals surface area contributed by atoms with E-state index in [-0.39, 0.29) is 12.2 Å². The Hall–Kier alpha value is -1.45. The summed E-state index contributed by atoms with van der Waals surface area (Å²) in [6, 6.07) is 2.07. The van der Waals surface area contributed by atoms with E-state index in [0.717, 1.165) is 12.1 Å². The molecule has 6 nitrogen and oxygen atoms in total. The third-order valence-electron chi connectivity index (χ3n) is 2.33. The molecule has 1 aromatic heterocycles. The van der Waals surface area contributed by atoms with Crippen LogP contribution in [0.1, 0.15) is 5.82 Å². The van der Waals surface area contributed by atoms with Crippen molar-refractivity contribution in [2.45, 2.75) is 11.4 Å². The monoisotopic (exact) mass is 348 g/mol. The van der Waals surface area contributed by atoms with Crippen LogP contribution in [0.4, 0.5) is 10.1 Å². The fourth-order valence-electron chi connectivity index (χ4n) is 1.39. The van der Waals surface area contributed by atoms with Gasteiger partial charge in [0.2, 0.25) is 10.0 Å². The zero-order chi connectivity index (χ0) is 14.0. The minimum atomic E-state index is -3.99. The van der Waals surface area contributed by atoms with Crippen molar-refractivity contribution in [1.29, 1.82) is 0 Å². The number of benzene rings is 1. The van der Waals surface area contributed by atoms with Crippen LogP contribution < -0.4 is 10.5 Å². The molecule has 2 aromatic rings. The molecular formula is C10H10BrFN4O2S. The maximum Gasteiger partial charge on any atom is 0.243 e. The quantitative estimate of drug-likeness (QED) is 0.726. The van der Waals surface area contributed by atoms with Crippen LogP contribution in [0, 0.1) is 5.82 Å². The molecule has 0 aliphatic heterocycles. The highest BCUT2D eigenvalue weighted by Crippen LogP contribution is 2.25. The van der Waals surface area contributed by atoms with Gasteiger partial charge in [-0.05, 0) is 28.1 Å². The number of nitrogen functional groups attached to an aromatic ring is 1. The second-order valence-corrected chi connectivity index (χ2v) is 6.25. The average Bonchev–Trinajstić information content (AvgIpc) is 2.84. The number of nitrogens with zero attached hydrogens (tertiary/aromatic N) is 1. The van der Waals surface area contributed by atoms with Crippen molar-refractivity contribution in [3.8, 4) is 0 Å². The van der Waals surface area contributed by atoms with Crippen LogP contribution in [0.25, 0.3) is 0 Å². The molecule has 0 bridgehead atoms. The second-order valence-electron chi connectivity index (χ2n) is 3.66. The van der Waals surface area contributed by atoms with E-state index in [1.807, 2.05) is 0 Å². The van der Waals surface area contributed by atoms with Crippen molar-refractivity contribution in [3.05, 3.63) is 40.6 Å². The Balaban J connectivity index is 2.27. The topological polar surface area (TPSA) is 101 Å². The highest BCUT2D eigenvalue weighted by Gasteiger charge is 2.20. The van der Waals surface area contributed by atoms with Gasteiger partial charge in [-0.2, -0.15) is 0 Å². The maximum atomic E-state index is 13.7. The van der Waals surface area contributed by atoms with Gasteiger partial charge in [0.25, 0.3) is 0 Å². The summed E-state index contributed by atoms with van der Waals surface area (Å²) in [4.78, 5) is 6.09. The first-order chi connectivity index (χ1) is 8.90. The zero-order valence-electron chi connectivity index (χ0n) is 9.52. The number of aromatic amines is 1. The van der Waals surface area contributed by atoms with E-state index in [2.05, 4.69) is 30.6 Å². The van der Waals surface area contributed by atoms with Crippen molar-refractivity contribution < 1.29 is 12.8 Å². The lowest BCUT2D eigenvalue weighted by Gasteiger charge is -2.08. The Labute approximate surface area is 117 Å². The minimum absolute atomic E-state index is 0.0647. The van der Waals surface area contributed by atoms with E-state index in [0.29, 0.717) is 10.3 Å². The normalized spacial score (nSPS) is 11.7. The van der Waals surface area contributed by atoms with Gasteiger partial charge in [0.15, 0.2) is 0 Å². The molecule has 9 heteroatoms. The van der Waals surface area contributed by atoms with Crippen molar-refractivity contribution in [1.82, 2.24) is 14.7 Å². The van der Waals surface area contributed by atoms with Crippen molar-refractivity contribution in [2.24, 2.45) is 0 Å². The number of rotatable bonds is 4. The molecule has 1 aromatic carbocycles. The molecule has 0 aliphatic carbocycles. The lowest BCUT2D eigenvalue weighted by molar-refractivity contribution is 0.555. The summed E-state index contributed by atoms with van der Waals surface area (Å²) in [7, 11) is -3.99. The SMILES string of the molecule is Nc1cc(S(=O)(=O)NCc2ncc[nH]2)c(F)cc1Br. The highest BCUT2D eigenvalue weighted by molar-refractivity contribution is 9.10. The van der Waals surface area contributed by atoms with E-state index in [9.17, 15) is 12.8 Å². The largest absolute Gasteiger partial charge is 0.398 e. The predicted molar refractivity (Wildman–Crippen MR) is 71.1 cm³/mol. The number of sulfonamides is 1. The highest BCUT2D eigenvalue weighted by atomic mass is 79.9. The summed E-state index contributed by atoms with van der Waals surface area (Å²) < 4.78 is 40.1. The zero-order valence-corrected chi connectivity index (χ0v) is 11.9. The number of H-pyrrole nitrogens is 1. The fraction of sp³-hybridized carbons (Fsp3) is 0.100. The minimum Gasteiger partial charge on any atom is -0.398 e. The van der Waals surface area contributed by atoms with E-state index >= 15 is 0 Å². The van der Waals surface area contributed by atoms with Crippen molar-refractivity contribution >= 4 is 31.6 Å². The summed E-state index contributed by atoms with van der Waals surface area (Å²) in [5.74, 6) is -0.456. The second kappa shape index (κ2) is 5.27. The van der Waals surface area contributed by atoms with Crippen molar-refractivity contribution in [3.63, 3.8) is 0 Å². The van der Waals surface area contributed by atoms with Gasteiger partial charge in [-0.25, -0.2) is 22.5 Å². The van der Waals surface area contributed by atoms with Gasteiger partial charge in [-0.15, -0.1) is 0 Å². The Morgan fingerprint density at radius 2 is 2.21 bits per heavy atom. The first-order valence-corrected chi connectivity index (χ1v) is 7.40. The van der Waals surface area contributed by atoms with Crippen LogP contribution in [0.15, 0.2) is 33.9 Å². The Morgan fingerprint density at radius 3 is 2.84 bits per heavy atom. The van der Waals surface area contributed by atoms with Crippen LogP contribution in [0.2, 0.25) is 0 Å². The van der Waals surface area contributed by atoms with E-state index in [4.69, 9.17) is 5.73 Å². The molecular weight excluding hydrogens is 339 g/mol. The molecule has 0 saturated carbocycles. The Bertz CT molecular complexity index is 688. The smallest absolute Gasteiger partial charge is 0.243 e. The number of anilines is 1. The molecule has 2 rings (SSSR count). The third kappa shape index (κ3) is 3.11. The van der Waals surface area contributed by atoms with Gasteiger partial charge < -0.3 is 10.7 Å². The third-order valence-corrected chi connectivity index (χ3v) is 4.43. The summed E-state index contributed by atoms with van der Waals surface area (Å²) in [5.41, 5.74) is 5.69. The standard InChI is InChI=1S/C10H10BrFN4O2S/c11-6-3-7(12)9(4-8(6)13)19(17,18)16-5-10-14-1-2-15-10/h1-4,16H,5,13H2,(H,14,15).